The highest BCUT2D eigenvalue weighted by Gasteiger charge is 2.31. The molecular formula is C50H52B2. The van der Waals surface area contributed by atoms with Gasteiger partial charge in [0, 0.05) is 11.1 Å². The van der Waals surface area contributed by atoms with E-state index in [-0.39, 0.29) is 13.4 Å². The highest BCUT2D eigenvalue weighted by atomic mass is 14.1. The van der Waals surface area contributed by atoms with Crippen LogP contribution in [0.3, 0.4) is 0 Å². The van der Waals surface area contributed by atoms with Crippen molar-refractivity contribution in [3.05, 3.63) is 175 Å². The van der Waals surface area contributed by atoms with Crippen LogP contribution in [0.4, 0.5) is 0 Å². The first-order valence-corrected chi connectivity index (χ1v) is 18.8. The van der Waals surface area contributed by atoms with Gasteiger partial charge in [-0.15, -0.1) is 0 Å². The molecule has 258 valence electrons. The fourth-order valence-corrected chi connectivity index (χ4v) is 9.36. The van der Waals surface area contributed by atoms with Gasteiger partial charge in [-0.3, -0.25) is 0 Å². The van der Waals surface area contributed by atoms with Gasteiger partial charge < -0.3 is 0 Å². The minimum Gasteiger partial charge on any atom is -0.0657 e. The van der Waals surface area contributed by atoms with Crippen molar-refractivity contribution in [2.45, 2.75) is 83.1 Å². The van der Waals surface area contributed by atoms with Gasteiger partial charge in [0.1, 0.15) is 0 Å². The SMILES string of the molecule is Cc1cc(C)c(B(c2ccccc2C#Cc2ccccc2B(c2c(C)cc(C)cc2C)c2c(C)cc(C)cc2C)c2c(C)cc(C)cc2C)c(C)c1. The molecule has 0 heterocycles. The van der Waals surface area contributed by atoms with E-state index in [9.17, 15) is 0 Å². The molecule has 0 fully saturated rings. The third kappa shape index (κ3) is 7.20. The van der Waals surface area contributed by atoms with E-state index in [4.69, 9.17) is 0 Å². The lowest BCUT2D eigenvalue weighted by Gasteiger charge is -2.26. The van der Waals surface area contributed by atoms with Gasteiger partial charge in [-0.25, -0.2) is 0 Å². The predicted octanol–water partition coefficient (Wildman–Crippen LogP) is 7.82. The van der Waals surface area contributed by atoms with Crippen LogP contribution in [0.15, 0.2) is 97.1 Å². The molecule has 0 aromatic heterocycles. The quantitative estimate of drug-likeness (QED) is 0.125. The molecule has 0 saturated carbocycles. The second kappa shape index (κ2) is 14.9. The van der Waals surface area contributed by atoms with Crippen molar-refractivity contribution in [2.24, 2.45) is 0 Å². The van der Waals surface area contributed by atoms with Crippen molar-refractivity contribution in [2.75, 3.05) is 0 Å². The van der Waals surface area contributed by atoms with Gasteiger partial charge in [-0.1, -0.05) is 196 Å². The minimum absolute atomic E-state index is 0.0606. The number of rotatable bonds is 6. The van der Waals surface area contributed by atoms with E-state index < -0.39 is 0 Å². The molecule has 2 heteroatoms. The maximum Gasteiger partial charge on any atom is 0.244 e. The topological polar surface area (TPSA) is 0 Å². The van der Waals surface area contributed by atoms with Gasteiger partial charge in [-0.05, 0) is 95.2 Å². The van der Waals surface area contributed by atoms with Crippen LogP contribution in [0.2, 0.25) is 0 Å². The van der Waals surface area contributed by atoms with E-state index in [1.165, 1.54) is 99.5 Å². The van der Waals surface area contributed by atoms with Gasteiger partial charge in [0.25, 0.3) is 0 Å². The van der Waals surface area contributed by atoms with Crippen LogP contribution in [-0.4, -0.2) is 13.4 Å². The maximum absolute atomic E-state index is 3.78. The van der Waals surface area contributed by atoms with Crippen molar-refractivity contribution in [1.82, 2.24) is 0 Å². The molecule has 0 aliphatic carbocycles. The molecule has 6 aromatic rings. The molecular weight excluding hydrogens is 622 g/mol. The summed E-state index contributed by atoms with van der Waals surface area (Å²) >= 11 is 0. The van der Waals surface area contributed by atoms with Crippen LogP contribution >= 0.6 is 0 Å². The average Bonchev–Trinajstić information content (AvgIpc) is 3.04. The normalized spacial score (nSPS) is 10.9. The van der Waals surface area contributed by atoms with Gasteiger partial charge in [0.05, 0.1) is 0 Å². The lowest BCUT2D eigenvalue weighted by Crippen LogP contribution is -2.57. The van der Waals surface area contributed by atoms with Gasteiger partial charge in [-0.2, -0.15) is 0 Å². The molecule has 0 atom stereocenters. The molecule has 0 radical (unpaired) electrons. The molecule has 0 amide bonds. The molecule has 6 rings (SSSR count). The first kappa shape index (κ1) is 36.8. The van der Waals surface area contributed by atoms with E-state index in [0.29, 0.717) is 0 Å². The zero-order chi connectivity index (χ0) is 37.4. The summed E-state index contributed by atoms with van der Waals surface area (Å²) in [5.41, 5.74) is 26.0. The van der Waals surface area contributed by atoms with Crippen LogP contribution in [0.5, 0.6) is 0 Å². The van der Waals surface area contributed by atoms with Crippen LogP contribution < -0.4 is 32.8 Å². The van der Waals surface area contributed by atoms with Crippen molar-refractivity contribution in [3.63, 3.8) is 0 Å². The van der Waals surface area contributed by atoms with E-state index in [1.54, 1.807) is 0 Å². The number of hydrogen-bond acceptors (Lipinski definition) is 0. The molecule has 0 aliphatic rings. The third-order valence-corrected chi connectivity index (χ3v) is 11.0. The summed E-state index contributed by atoms with van der Waals surface area (Å²) in [6.07, 6.45) is 0. The largest absolute Gasteiger partial charge is 0.244 e. The Balaban J connectivity index is 1.60. The molecule has 0 N–H and O–H groups in total. The average molecular weight is 675 g/mol. The number of benzene rings is 6. The second-order valence-corrected chi connectivity index (χ2v) is 15.5. The van der Waals surface area contributed by atoms with Crippen molar-refractivity contribution in [1.29, 1.82) is 0 Å². The van der Waals surface area contributed by atoms with E-state index in [0.717, 1.165) is 11.1 Å². The zero-order valence-corrected chi connectivity index (χ0v) is 33.4. The van der Waals surface area contributed by atoms with Crippen LogP contribution in [0.1, 0.15) is 77.9 Å². The fraction of sp³-hybridized carbons (Fsp3) is 0.240. The van der Waals surface area contributed by atoms with Crippen molar-refractivity contribution in [3.8, 4) is 11.8 Å². The maximum atomic E-state index is 3.78. The fourth-order valence-electron chi connectivity index (χ4n) is 9.36. The lowest BCUT2D eigenvalue weighted by atomic mass is 9.33. The summed E-state index contributed by atoms with van der Waals surface area (Å²) in [4.78, 5) is 0. The summed E-state index contributed by atoms with van der Waals surface area (Å²) in [7, 11) is 0. The Bertz CT molecular complexity index is 2020. The first-order chi connectivity index (χ1) is 24.7. The third-order valence-electron chi connectivity index (χ3n) is 11.0. The molecule has 0 unspecified atom stereocenters. The Morgan fingerprint density at radius 2 is 0.519 bits per heavy atom. The molecule has 0 spiro atoms. The van der Waals surface area contributed by atoms with Gasteiger partial charge in [0.15, 0.2) is 0 Å². The van der Waals surface area contributed by atoms with E-state index >= 15 is 0 Å². The molecule has 0 aliphatic heterocycles. The van der Waals surface area contributed by atoms with Crippen LogP contribution in [-0.2, 0) is 0 Å². The summed E-state index contributed by atoms with van der Waals surface area (Å²) in [6, 6.07) is 36.4. The van der Waals surface area contributed by atoms with Crippen molar-refractivity contribution >= 4 is 46.2 Å². The number of aryl methyl sites for hydroxylation is 12. The summed E-state index contributed by atoms with van der Waals surface area (Å²) in [6.45, 7) is 27.1. The summed E-state index contributed by atoms with van der Waals surface area (Å²) < 4.78 is 0. The van der Waals surface area contributed by atoms with E-state index in [2.05, 4.69) is 192 Å². The van der Waals surface area contributed by atoms with E-state index in [1.807, 2.05) is 0 Å². The monoisotopic (exact) mass is 674 g/mol. The van der Waals surface area contributed by atoms with Gasteiger partial charge >= 0.3 is 0 Å². The van der Waals surface area contributed by atoms with Gasteiger partial charge in [0.2, 0.25) is 13.4 Å². The highest BCUT2D eigenvalue weighted by Crippen LogP contribution is 2.16. The Kier molecular flexibility index (Phi) is 10.6. The minimum atomic E-state index is 0.0606. The summed E-state index contributed by atoms with van der Waals surface area (Å²) in [5, 5.41) is 0. The predicted molar refractivity (Wildman–Crippen MR) is 231 cm³/mol. The second-order valence-electron chi connectivity index (χ2n) is 15.5. The standard InChI is InChI=1S/C50H52B2/c1-31-23-35(5)47(36(6)24-31)51(48-37(7)25-32(2)26-38(48)8)45-19-15-13-17-43(45)21-22-44-18-14-16-20-46(44)52(49-39(9)27-33(3)28-40(49)10)50-41(11)29-34(4)30-42(50)12/h13-20,23-30H,1-12H3. The first-order valence-electron chi connectivity index (χ1n) is 18.8. The number of hydrogen-bond donors (Lipinski definition) is 0. The molecule has 0 bridgehead atoms. The summed E-state index contributed by atoms with van der Waals surface area (Å²) in [5.74, 6) is 7.55. The lowest BCUT2D eigenvalue weighted by molar-refractivity contribution is 1.34. The smallest absolute Gasteiger partial charge is 0.0657 e. The Labute approximate surface area is 314 Å². The van der Waals surface area contributed by atoms with Crippen LogP contribution in [0.25, 0.3) is 0 Å². The highest BCUT2D eigenvalue weighted by molar-refractivity contribution is 6.97. The Morgan fingerprint density at radius 3 is 0.750 bits per heavy atom. The molecule has 52 heavy (non-hydrogen) atoms. The Morgan fingerprint density at radius 1 is 0.308 bits per heavy atom. The Hall–Kier alpha value is -4.99. The molecule has 0 saturated heterocycles. The molecule has 0 nitrogen and oxygen atoms in total. The van der Waals surface area contributed by atoms with Crippen LogP contribution in [0, 0.1) is 94.9 Å². The van der Waals surface area contributed by atoms with Crippen molar-refractivity contribution < 1.29 is 0 Å². The zero-order valence-electron chi connectivity index (χ0n) is 33.4. The molecule has 6 aromatic carbocycles.